The van der Waals surface area contributed by atoms with Gasteiger partial charge >= 0.3 is 5.97 Å². The SMILES string of the molecule is Cc1c(C(=O)N2CCC(Cn3cc(CC(C(=O)O)C4CC4)nn3)C2)ccc2ccccc12. The monoisotopic (exact) mass is 432 g/mol. The van der Waals surface area contributed by atoms with E-state index in [2.05, 4.69) is 22.4 Å². The van der Waals surface area contributed by atoms with Crippen LogP contribution < -0.4 is 0 Å². The fourth-order valence-electron chi connectivity index (χ4n) is 4.96. The van der Waals surface area contributed by atoms with Crippen LogP contribution in [0.4, 0.5) is 0 Å². The van der Waals surface area contributed by atoms with Gasteiger partial charge in [-0.15, -0.1) is 5.10 Å². The highest BCUT2D eigenvalue weighted by atomic mass is 16.4. The molecule has 0 radical (unpaired) electrons. The van der Waals surface area contributed by atoms with Crippen LogP contribution in [0, 0.1) is 24.7 Å². The number of carboxylic acid groups (broad SMARTS) is 1. The predicted molar refractivity (Wildman–Crippen MR) is 120 cm³/mol. The van der Waals surface area contributed by atoms with E-state index in [0.29, 0.717) is 25.4 Å². The minimum absolute atomic E-state index is 0.0868. The van der Waals surface area contributed by atoms with Crippen LogP contribution in [0.5, 0.6) is 0 Å². The summed E-state index contributed by atoms with van der Waals surface area (Å²) in [5, 5.41) is 20.1. The second-order valence-electron chi connectivity index (χ2n) is 9.28. The van der Waals surface area contributed by atoms with Gasteiger partial charge in [0.2, 0.25) is 0 Å². The Morgan fingerprint density at radius 3 is 2.75 bits per heavy atom. The van der Waals surface area contributed by atoms with Gasteiger partial charge in [0.15, 0.2) is 0 Å². The fourth-order valence-corrected chi connectivity index (χ4v) is 4.96. The Labute approximate surface area is 187 Å². The van der Waals surface area contributed by atoms with Crippen molar-refractivity contribution in [2.75, 3.05) is 13.1 Å². The zero-order valence-corrected chi connectivity index (χ0v) is 18.3. The maximum Gasteiger partial charge on any atom is 0.307 e. The van der Waals surface area contributed by atoms with Gasteiger partial charge in [0, 0.05) is 37.8 Å². The number of amides is 1. The Hall–Kier alpha value is -3.22. The van der Waals surface area contributed by atoms with E-state index in [9.17, 15) is 14.7 Å². The molecule has 1 saturated carbocycles. The zero-order chi connectivity index (χ0) is 22.2. The lowest BCUT2D eigenvalue weighted by Gasteiger charge is -2.18. The second kappa shape index (κ2) is 8.37. The summed E-state index contributed by atoms with van der Waals surface area (Å²) in [5.41, 5.74) is 2.54. The molecule has 2 atom stereocenters. The van der Waals surface area contributed by atoms with Crippen molar-refractivity contribution in [3.8, 4) is 0 Å². The summed E-state index contributed by atoms with van der Waals surface area (Å²) in [6, 6.07) is 12.1. The number of aromatic nitrogens is 3. The summed E-state index contributed by atoms with van der Waals surface area (Å²) in [6.45, 7) is 4.14. The highest BCUT2D eigenvalue weighted by Gasteiger charge is 2.36. The van der Waals surface area contributed by atoms with Gasteiger partial charge in [-0.1, -0.05) is 35.5 Å². The van der Waals surface area contributed by atoms with Crippen molar-refractivity contribution < 1.29 is 14.7 Å². The number of likely N-dealkylation sites (tertiary alicyclic amines) is 1. The minimum atomic E-state index is -0.740. The summed E-state index contributed by atoms with van der Waals surface area (Å²) in [7, 11) is 0. The molecule has 1 amide bonds. The number of carboxylic acids is 1. The van der Waals surface area contributed by atoms with Crippen LogP contribution in [0.25, 0.3) is 10.8 Å². The van der Waals surface area contributed by atoms with Crippen LogP contribution in [-0.2, 0) is 17.8 Å². The number of hydrogen-bond donors (Lipinski definition) is 1. The van der Waals surface area contributed by atoms with Crippen molar-refractivity contribution in [2.24, 2.45) is 17.8 Å². The average molecular weight is 433 g/mol. The van der Waals surface area contributed by atoms with Gasteiger partial charge in [0.25, 0.3) is 5.91 Å². The number of benzene rings is 2. The first-order chi connectivity index (χ1) is 15.5. The van der Waals surface area contributed by atoms with E-state index in [1.165, 1.54) is 0 Å². The topological polar surface area (TPSA) is 88.3 Å². The Kier molecular flexibility index (Phi) is 5.41. The quantitative estimate of drug-likeness (QED) is 0.617. The maximum atomic E-state index is 13.2. The first-order valence-electron chi connectivity index (χ1n) is 11.4. The van der Waals surface area contributed by atoms with Gasteiger partial charge in [-0.25, -0.2) is 0 Å². The molecule has 5 rings (SSSR count). The molecule has 1 saturated heterocycles. The van der Waals surface area contributed by atoms with Crippen LogP contribution >= 0.6 is 0 Å². The predicted octanol–water partition coefficient (Wildman–Crippen LogP) is 3.56. The van der Waals surface area contributed by atoms with Gasteiger partial charge in [0.05, 0.1) is 11.6 Å². The van der Waals surface area contributed by atoms with Gasteiger partial charge in [-0.05, 0) is 60.4 Å². The van der Waals surface area contributed by atoms with Crippen LogP contribution in [0.3, 0.4) is 0 Å². The van der Waals surface area contributed by atoms with Crippen LogP contribution in [0.2, 0.25) is 0 Å². The maximum absolute atomic E-state index is 13.2. The van der Waals surface area contributed by atoms with Crippen LogP contribution in [0.15, 0.2) is 42.6 Å². The van der Waals surface area contributed by atoms with Crippen molar-refractivity contribution in [1.82, 2.24) is 19.9 Å². The molecular weight excluding hydrogens is 404 g/mol. The normalized spacial score (nSPS) is 19.4. The lowest BCUT2D eigenvalue weighted by molar-refractivity contribution is -0.142. The average Bonchev–Trinajstić information content (AvgIpc) is 3.35. The molecule has 2 aromatic carbocycles. The van der Waals surface area contributed by atoms with Crippen molar-refractivity contribution in [3.63, 3.8) is 0 Å². The largest absolute Gasteiger partial charge is 0.481 e. The lowest BCUT2D eigenvalue weighted by atomic mass is 9.98. The number of aryl methyl sites for hydroxylation is 1. The van der Waals surface area contributed by atoms with Crippen molar-refractivity contribution >= 4 is 22.6 Å². The summed E-state index contributed by atoms with van der Waals surface area (Å²) < 4.78 is 1.81. The van der Waals surface area contributed by atoms with E-state index in [1.54, 1.807) is 4.68 Å². The Bertz CT molecular complexity index is 1170. The molecule has 32 heavy (non-hydrogen) atoms. The summed E-state index contributed by atoms with van der Waals surface area (Å²) in [6.07, 6.45) is 5.22. The van der Waals surface area contributed by atoms with Gasteiger partial charge in [-0.3, -0.25) is 14.3 Å². The molecular formula is C25H28N4O3. The first kappa shape index (κ1) is 20.7. The third-order valence-corrected chi connectivity index (χ3v) is 6.97. The van der Waals surface area contributed by atoms with Gasteiger partial charge < -0.3 is 10.0 Å². The molecule has 1 aliphatic heterocycles. The Morgan fingerprint density at radius 1 is 1.16 bits per heavy atom. The van der Waals surface area contributed by atoms with Crippen LogP contribution in [-0.4, -0.2) is 50.0 Å². The number of rotatable bonds is 7. The molecule has 1 N–H and O–H groups in total. The van der Waals surface area contributed by atoms with E-state index >= 15 is 0 Å². The standard InChI is InChI=1S/C25H28N4O3/c1-16-21-5-3-2-4-18(21)8-9-22(16)24(30)28-11-10-17(13-28)14-29-15-20(26-27-29)12-23(25(31)32)19-6-7-19/h2-5,8-9,15,17,19,23H,6-7,10-14H2,1H3,(H,31,32). The van der Waals surface area contributed by atoms with E-state index in [0.717, 1.165) is 53.4 Å². The lowest BCUT2D eigenvalue weighted by Crippen LogP contribution is -2.29. The molecule has 2 fully saturated rings. The zero-order valence-electron chi connectivity index (χ0n) is 18.3. The number of aliphatic carboxylic acids is 1. The smallest absolute Gasteiger partial charge is 0.307 e. The molecule has 0 spiro atoms. The molecule has 2 unspecified atom stereocenters. The molecule has 166 valence electrons. The molecule has 1 aromatic heterocycles. The van der Waals surface area contributed by atoms with Gasteiger partial charge in [0.1, 0.15) is 0 Å². The molecule has 2 heterocycles. The highest BCUT2D eigenvalue weighted by molar-refractivity contribution is 6.01. The first-order valence-corrected chi connectivity index (χ1v) is 11.4. The molecule has 7 nitrogen and oxygen atoms in total. The summed E-state index contributed by atoms with van der Waals surface area (Å²) in [5.74, 6) is -0.414. The molecule has 1 aliphatic carbocycles. The fraction of sp³-hybridized carbons (Fsp3) is 0.440. The number of carbonyl (C=O) groups excluding carboxylic acids is 1. The van der Waals surface area contributed by atoms with E-state index in [1.807, 2.05) is 42.3 Å². The van der Waals surface area contributed by atoms with Crippen molar-refractivity contribution in [3.05, 3.63) is 59.4 Å². The number of fused-ring (bicyclic) bond motifs is 1. The second-order valence-corrected chi connectivity index (χ2v) is 9.28. The Balaban J connectivity index is 1.22. The summed E-state index contributed by atoms with van der Waals surface area (Å²) >= 11 is 0. The molecule has 2 aliphatic rings. The number of carbonyl (C=O) groups is 2. The molecule has 0 bridgehead atoms. The highest BCUT2D eigenvalue weighted by Crippen LogP contribution is 2.38. The van der Waals surface area contributed by atoms with Crippen LogP contribution in [0.1, 0.15) is 40.9 Å². The van der Waals surface area contributed by atoms with Gasteiger partial charge in [-0.2, -0.15) is 0 Å². The minimum Gasteiger partial charge on any atom is -0.481 e. The number of hydrogen-bond acceptors (Lipinski definition) is 4. The molecule has 7 heteroatoms. The van der Waals surface area contributed by atoms with E-state index in [4.69, 9.17) is 0 Å². The number of nitrogens with zero attached hydrogens (tertiary/aromatic N) is 4. The third kappa shape index (κ3) is 4.11. The van der Waals surface area contributed by atoms with E-state index in [-0.39, 0.29) is 17.7 Å². The van der Waals surface area contributed by atoms with Crippen molar-refractivity contribution in [1.29, 1.82) is 0 Å². The summed E-state index contributed by atoms with van der Waals surface area (Å²) in [4.78, 5) is 26.6. The third-order valence-electron chi connectivity index (χ3n) is 6.97. The van der Waals surface area contributed by atoms with E-state index < -0.39 is 5.97 Å². The molecule has 3 aromatic rings. The van der Waals surface area contributed by atoms with Crippen molar-refractivity contribution in [2.45, 2.75) is 39.2 Å². The Morgan fingerprint density at radius 2 is 1.97 bits per heavy atom.